The molecule has 134 valence electrons. The molecule has 3 aromatic rings. The molecule has 3 rings (SSSR count). The highest BCUT2D eigenvalue weighted by Crippen LogP contribution is 2.26. The number of anilines is 1. The van der Waals surface area contributed by atoms with E-state index in [4.69, 9.17) is 0 Å². The second kappa shape index (κ2) is 7.04. The Labute approximate surface area is 152 Å². The Hall–Kier alpha value is -3.07. The Bertz CT molecular complexity index is 1010. The van der Waals surface area contributed by atoms with Gasteiger partial charge in [-0.15, -0.1) is 0 Å². The summed E-state index contributed by atoms with van der Waals surface area (Å²) in [4.78, 5) is 17.0. The van der Waals surface area contributed by atoms with Crippen LogP contribution in [0.15, 0.2) is 30.3 Å². The van der Waals surface area contributed by atoms with Crippen LogP contribution in [0.1, 0.15) is 38.3 Å². The summed E-state index contributed by atoms with van der Waals surface area (Å²) in [5.74, 6) is 0.691. The highest BCUT2D eigenvalue weighted by atomic mass is 16.2. The second-order valence-electron chi connectivity index (χ2n) is 6.64. The number of nitrogens with one attached hydrogen (secondary N) is 2. The molecule has 1 amide bonds. The van der Waals surface area contributed by atoms with Gasteiger partial charge in [0.2, 0.25) is 5.91 Å². The van der Waals surface area contributed by atoms with Gasteiger partial charge in [-0.25, -0.2) is 4.98 Å². The normalized spacial score (nSPS) is 13.3. The van der Waals surface area contributed by atoms with Crippen molar-refractivity contribution >= 4 is 28.4 Å². The molecule has 0 aliphatic rings. The minimum absolute atomic E-state index is 0.0565. The Morgan fingerprint density at radius 1 is 1.35 bits per heavy atom. The molecule has 0 aliphatic heterocycles. The van der Waals surface area contributed by atoms with Crippen molar-refractivity contribution in [1.29, 1.82) is 5.26 Å². The highest BCUT2D eigenvalue weighted by Gasteiger charge is 2.19. The Morgan fingerprint density at radius 2 is 2.08 bits per heavy atom. The van der Waals surface area contributed by atoms with Gasteiger partial charge in [-0.05, 0) is 51.0 Å². The molecule has 0 saturated heterocycles. The monoisotopic (exact) mass is 349 g/mol. The molecule has 2 aromatic heterocycles. The van der Waals surface area contributed by atoms with E-state index >= 15 is 0 Å². The van der Waals surface area contributed by atoms with E-state index in [9.17, 15) is 10.1 Å². The van der Waals surface area contributed by atoms with E-state index in [1.54, 1.807) is 0 Å². The van der Waals surface area contributed by atoms with Crippen LogP contribution in [-0.4, -0.2) is 27.4 Å². The number of aromatic nitrogens is 2. The quantitative estimate of drug-likeness (QED) is 0.740. The zero-order valence-corrected chi connectivity index (χ0v) is 15.5. The summed E-state index contributed by atoms with van der Waals surface area (Å²) in [5.41, 5.74) is 3.69. The van der Waals surface area contributed by atoms with Crippen LogP contribution in [-0.2, 0) is 4.79 Å². The molecule has 0 saturated carbocycles. The van der Waals surface area contributed by atoms with E-state index in [2.05, 4.69) is 21.7 Å². The van der Waals surface area contributed by atoms with Crippen molar-refractivity contribution in [3.8, 4) is 6.07 Å². The van der Waals surface area contributed by atoms with Crippen LogP contribution in [0.4, 0.5) is 5.82 Å². The fourth-order valence-electron chi connectivity index (χ4n) is 2.96. The highest BCUT2D eigenvalue weighted by molar-refractivity contribution is 5.87. The van der Waals surface area contributed by atoms with Crippen molar-refractivity contribution in [2.45, 2.75) is 46.2 Å². The maximum Gasteiger partial charge on any atom is 0.242 e. The van der Waals surface area contributed by atoms with E-state index in [-0.39, 0.29) is 11.9 Å². The SMILES string of the molecule is CCC(C)NC(=O)C(C)Nc1cc(C)c(C#N)c2nc3ccccc3n12. The van der Waals surface area contributed by atoms with Crippen molar-refractivity contribution in [2.24, 2.45) is 0 Å². The van der Waals surface area contributed by atoms with Crippen LogP contribution < -0.4 is 10.6 Å². The summed E-state index contributed by atoms with van der Waals surface area (Å²) in [5, 5.41) is 15.8. The number of carbonyl (C=O) groups is 1. The molecule has 0 radical (unpaired) electrons. The van der Waals surface area contributed by atoms with E-state index in [0.717, 1.165) is 28.8 Å². The first-order valence-corrected chi connectivity index (χ1v) is 8.84. The van der Waals surface area contributed by atoms with Crippen LogP contribution >= 0.6 is 0 Å². The van der Waals surface area contributed by atoms with Gasteiger partial charge in [0.25, 0.3) is 0 Å². The van der Waals surface area contributed by atoms with Gasteiger partial charge >= 0.3 is 0 Å². The summed E-state index contributed by atoms with van der Waals surface area (Å²) in [7, 11) is 0. The van der Waals surface area contributed by atoms with Crippen molar-refractivity contribution in [2.75, 3.05) is 5.32 Å². The number of aryl methyl sites for hydroxylation is 1. The predicted octanol–water partition coefficient (Wildman–Crippen LogP) is 3.38. The first kappa shape index (κ1) is 17.7. The fraction of sp³-hybridized carbons (Fsp3) is 0.350. The summed E-state index contributed by atoms with van der Waals surface area (Å²) < 4.78 is 1.91. The average Bonchev–Trinajstić information content (AvgIpc) is 3.01. The number of imidazole rings is 1. The lowest BCUT2D eigenvalue weighted by molar-refractivity contribution is -0.122. The average molecular weight is 349 g/mol. The van der Waals surface area contributed by atoms with Gasteiger partial charge in [-0.3, -0.25) is 9.20 Å². The van der Waals surface area contributed by atoms with E-state index in [1.165, 1.54) is 0 Å². The van der Waals surface area contributed by atoms with Crippen molar-refractivity contribution in [3.63, 3.8) is 0 Å². The lowest BCUT2D eigenvalue weighted by Gasteiger charge is -2.20. The first-order valence-electron chi connectivity index (χ1n) is 8.84. The summed E-state index contributed by atoms with van der Waals surface area (Å²) >= 11 is 0. The molecule has 2 atom stereocenters. The lowest BCUT2D eigenvalue weighted by atomic mass is 10.1. The number of hydrogen-bond donors (Lipinski definition) is 2. The summed E-state index contributed by atoms with van der Waals surface area (Å²) in [6, 6.07) is 11.6. The van der Waals surface area contributed by atoms with E-state index in [0.29, 0.717) is 11.2 Å². The Kier molecular flexibility index (Phi) is 4.81. The molecule has 2 heterocycles. The van der Waals surface area contributed by atoms with Crippen LogP contribution in [0, 0.1) is 18.3 Å². The Morgan fingerprint density at radius 3 is 2.77 bits per heavy atom. The lowest BCUT2D eigenvalue weighted by Crippen LogP contribution is -2.42. The number of hydrogen-bond acceptors (Lipinski definition) is 4. The smallest absolute Gasteiger partial charge is 0.242 e. The second-order valence-corrected chi connectivity index (χ2v) is 6.64. The maximum absolute atomic E-state index is 12.4. The van der Waals surface area contributed by atoms with Gasteiger partial charge in [0.1, 0.15) is 17.9 Å². The minimum atomic E-state index is -0.416. The number of rotatable bonds is 5. The predicted molar refractivity (Wildman–Crippen MR) is 103 cm³/mol. The first-order chi connectivity index (χ1) is 12.5. The van der Waals surface area contributed by atoms with Gasteiger partial charge in [0, 0.05) is 6.04 Å². The van der Waals surface area contributed by atoms with Crippen LogP contribution in [0.25, 0.3) is 16.7 Å². The number of nitrogens with zero attached hydrogens (tertiary/aromatic N) is 3. The number of nitriles is 1. The van der Waals surface area contributed by atoms with Gasteiger partial charge in [0.15, 0.2) is 5.65 Å². The molecule has 1 aromatic carbocycles. The molecule has 0 aliphatic carbocycles. The molecule has 2 unspecified atom stereocenters. The molecular formula is C20H23N5O. The fourth-order valence-corrected chi connectivity index (χ4v) is 2.96. The van der Waals surface area contributed by atoms with Crippen molar-refractivity contribution in [1.82, 2.24) is 14.7 Å². The topological polar surface area (TPSA) is 82.2 Å². The van der Waals surface area contributed by atoms with Crippen molar-refractivity contribution < 1.29 is 4.79 Å². The van der Waals surface area contributed by atoms with E-state index < -0.39 is 6.04 Å². The zero-order valence-electron chi connectivity index (χ0n) is 15.5. The zero-order chi connectivity index (χ0) is 18.8. The standard InChI is InChI=1S/C20H23N5O/c1-5-13(3)22-20(26)14(4)23-18-10-12(2)15(11-21)19-24-16-8-6-7-9-17(16)25(18)19/h6-10,13-14,23H,5H2,1-4H3,(H,22,26). The molecule has 6 nitrogen and oxygen atoms in total. The Balaban J connectivity index is 2.08. The minimum Gasteiger partial charge on any atom is -0.360 e. The largest absolute Gasteiger partial charge is 0.360 e. The van der Waals surface area contributed by atoms with E-state index in [1.807, 2.05) is 62.4 Å². The number of benzene rings is 1. The number of amides is 1. The third kappa shape index (κ3) is 3.08. The third-order valence-electron chi connectivity index (χ3n) is 4.64. The van der Waals surface area contributed by atoms with Gasteiger partial charge in [0.05, 0.1) is 16.6 Å². The van der Waals surface area contributed by atoms with Gasteiger partial charge < -0.3 is 10.6 Å². The molecule has 2 N–H and O–H groups in total. The molecule has 0 fully saturated rings. The molecule has 0 bridgehead atoms. The van der Waals surface area contributed by atoms with Gasteiger partial charge in [-0.1, -0.05) is 19.1 Å². The van der Waals surface area contributed by atoms with Gasteiger partial charge in [-0.2, -0.15) is 5.26 Å². The number of pyridine rings is 1. The summed E-state index contributed by atoms with van der Waals surface area (Å²) in [6.07, 6.45) is 0.880. The summed E-state index contributed by atoms with van der Waals surface area (Å²) in [6.45, 7) is 7.73. The molecular weight excluding hydrogens is 326 g/mol. The van der Waals surface area contributed by atoms with Crippen LogP contribution in [0.2, 0.25) is 0 Å². The van der Waals surface area contributed by atoms with Crippen LogP contribution in [0.5, 0.6) is 0 Å². The maximum atomic E-state index is 12.4. The number of carbonyl (C=O) groups excluding carboxylic acids is 1. The van der Waals surface area contributed by atoms with Crippen LogP contribution in [0.3, 0.4) is 0 Å². The molecule has 0 spiro atoms. The third-order valence-corrected chi connectivity index (χ3v) is 4.64. The molecule has 6 heteroatoms. The van der Waals surface area contributed by atoms with Crippen molar-refractivity contribution in [3.05, 3.63) is 41.5 Å². The number of para-hydroxylation sites is 2. The number of fused-ring (bicyclic) bond motifs is 3. The molecule has 26 heavy (non-hydrogen) atoms.